The lowest BCUT2D eigenvalue weighted by Gasteiger charge is -2.27. The van der Waals surface area contributed by atoms with Crippen molar-refractivity contribution in [1.82, 2.24) is 15.5 Å². The van der Waals surface area contributed by atoms with E-state index in [-0.39, 0.29) is 17.6 Å². The largest absolute Gasteiger partial charge is 0.343 e. The number of hydrogen-bond donors (Lipinski definition) is 4. The van der Waals surface area contributed by atoms with Crippen LogP contribution in [-0.2, 0) is 25.4 Å². The van der Waals surface area contributed by atoms with Gasteiger partial charge in [-0.15, -0.1) is 0 Å². The molecule has 2 rings (SSSR count). The van der Waals surface area contributed by atoms with Crippen LogP contribution in [0.15, 0.2) is 60.7 Å². The molecule has 2 aromatic rings. The van der Waals surface area contributed by atoms with Crippen LogP contribution in [0.25, 0.3) is 0 Å². The first-order valence-electron chi connectivity index (χ1n) is 10.5. The molecule has 174 valence electrons. The average molecular weight is 461 g/mol. The lowest BCUT2D eigenvalue weighted by Crippen LogP contribution is -2.57. The van der Waals surface area contributed by atoms with E-state index in [0.29, 0.717) is 11.3 Å². The summed E-state index contributed by atoms with van der Waals surface area (Å²) < 4.78 is 27.8. The van der Waals surface area contributed by atoms with Crippen molar-refractivity contribution >= 4 is 27.5 Å². The van der Waals surface area contributed by atoms with Gasteiger partial charge in [0.05, 0.1) is 11.4 Å². The number of rotatable bonds is 11. The highest BCUT2D eigenvalue weighted by Gasteiger charge is 2.32. The first-order chi connectivity index (χ1) is 15.1. The summed E-state index contributed by atoms with van der Waals surface area (Å²) in [5.74, 6) is -1.75. The van der Waals surface area contributed by atoms with Crippen molar-refractivity contribution in [3.63, 3.8) is 0 Å². The molecule has 2 atom stereocenters. The van der Waals surface area contributed by atoms with E-state index in [9.17, 15) is 18.0 Å². The fourth-order valence-corrected chi connectivity index (χ4v) is 4.51. The first-order valence-corrected chi connectivity index (χ1v) is 12.2. The maximum absolute atomic E-state index is 13.0. The normalized spacial score (nSPS) is 13.4. The second kappa shape index (κ2) is 11.6. The van der Waals surface area contributed by atoms with E-state index >= 15 is 0 Å². The summed E-state index contributed by atoms with van der Waals surface area (Å²) in [4.78, 5) is 25.7. The van der Waals surface area contributed by atoms with Gasteiger partial charge in [0.15, 0.2) is 0 Å². The molecule has 0 saturated carbocycles. The number of anilines is 1. The van der Waals surface area contributed by atoms with E-state index in [4.69, 9.17) is 0 Å². The van der Waals surface area contributed by atoms with Gasteiger partial charge in [0.2, 0.25) is 15.9 Å². The van der Waals surface area contributed by atoms with Gasteiger partial charge in [-0.05, 0) is 29.5 Å². The molecule has 0 unspecified atom stereocenters. The Morgan fingerprint density at radius 1 is 0.781 bits per heavy atom. The number of carbonyl (C=O) groups excluding carboxylic acids is 2. The highest BCUT2D eigenvalue weighted by Crippen LogP contribution is 2.11. The van der Waals surface area contributed by atoms with E-state index in [1.165, 1.54) is 0 Å². The molecule has 0 aliphatic carbocycles. The molecule has 9 heteroatoms. The van der Waals surface area contributed by atoms with Gasteiger partial charge in [0.25, 0.3) is 5.91 Å². The molecule has 0 bridgehead atoms. The third-order valence-corrected chi connectivity index (χ3v) is 6.13. The van der Waals surface area contributed by atoms with E-state index < -0.39 is 33.9 Å². The Kier molecular flexibility index (Phi) is 9.22. The fourth-order valence-electron chi connectivity index (χ4n) is 3.03. The topological polar surface area (TPSA) is 116 Å². The molecule has 0 fully saturated rings. The van der Waals surface area contributed by atoms with Crippen LogP contribution in [0.4, 0.5) is 5.69 Å². The number of benzene rings is 2. The first kappa shape index (κ1) is 25.4. The van der Waals surface area contributed by atoms with Crippen LogP contribution in [0.5, 0.6) is 0 Å². The summed E-state index contributed by atoms with van der Waals surface area (Å²) in [7, 11) is -3.77. The fraction of sp³-hybridized carbons (Fsp3) is 0.391. The molecule has 8 nitrogen and oxygen atoms in total. The Hall–Kier alpha value is -2.91. The average Bonchev–Trinajstić information content (AvgIpc) is 2.74. The minimum Gasteiger partial charge on any atom is -0.343 e. The number of amides is 2. The maximum Gasteiger partial charge on any atom is 0.261 e. The van der Waals surface area contributed by atoms with Crippen LogP contribution < -0.4 is 20.9 Å². The Bertz CT molecular complexity index is 980. The number of sulfonamides is 1. The molecule has 0 saturated heterocycles. The maximum atomic E-state index is 13.0. The van der Waals surface area contributed by atoms with Gasteiger partial charge in [-0.2, -0.15) is 0 Å². The molecule has 0 aliphatic rings. The smallest absolute Gasteiger partial charge is 0.261 e. The van der Waals surface area contributed by atoms with Crippen molar-refractivity contribution < 1.29 is 18.0 Å². The van der Waals surface area contributed by atoms with Crippen LogP contribution in [0, 0.1) is 11.8 Å². The SMILES string of the molecule is CC(C)[C@H](NC(=O)[C@@H](NS(=O)(=O)Cc1ccccc1)C(C)C)C(=O)NNc1ccccc1. The Morgan fingerprint density at radius 2 is 1.31 bits per heavy atom. The van der Waals surface area contributed by atoms with Gasteiger partial charge in [-0.3, -0.25) is 20.4 Å². The standard InChI is InChI=1S/C23H32N4O4S/c1-16(2)20(23(29)26-25-19-13-9-6-10-14-19)24-22(28)21(17(3)4)27-32(30,31)15-18-11-7-5-8-12-18/h5-14,16-17,20-21,25,27H,15H2,1-4H3,(H,24,28)(H,26,29)/t20-,21-/m0/s1. The second-order valence-electron chi connectivity index (χ2n) is 8.29. The highest BCUT2D eigenvalue weighted by atomic mass is 32.2. The zero-order chi connectivity index (χ0) is 23.7. The summed E-state index contributed by atoms with van der Waals surface area (Å²) in [6.45, 7) is 7.10. The Labute approximate surface area is 190 Å². The quantitative estimate of drug-likeness (QED) is 0.384. The number of hydrazine groups is 1. The van der Waals surface area contributed by atoms with Gasteiger partial charge in [-0.1, -0.05) is 76.2 Å². The highest BCUT2D eigenvalue weighted by molar-refractivity contribution is 7.88. The number of nitrogens with one attached hydrogen (secondary N) is 4. The monoisotopic (exact) mass is 460 g/mol. The number of para-hydroxylation sites is 1. The van der Waals surface area contributed by atoms with Gasteiger partial charge in [-0.25, -0.2) is 13.1 Å². The van der Waals surface area contributed by atoms with Crippen LogP contribution in [0.3, 0.4) is 0 Å². The van der Waals surface area contributed by atoms with Gasteiger partial charge in [0, 0.05) is 0 Å². The molecule has 0 aliphatic heterocycles. The third kappa shape index (κ3) is 7.97. The van der Waals surface area contributed by atoms with Crippen molar-refractivity contribution in [2.75, 3.05) is 5.43 Å². The molecule has 0 heterocycles. The third-order valence-electron chi connectivity index (χ3n) is 4.81. The summed E-state index contributed by atoms with van der Waals surface area (Å²) in [5, 5.41) is 2.70. The number of hydrogen-bond acceptors (Lipinski definition) is 5. The lowest BCUT2D eigenvalue weighted by atomic mass is 10.0. The molecule has 0 radical (unpaired) electrons. The van der Waals surface area contributed by atoms with E-state index in [0.717, 1.165) is 0 Å². The van der Waals surface area contributed by atoms with Crippen molar-refractivity contribution in [2.45, 2.75) is 45.5 Å². The van der Waals surface area contributed by atoms with Crippen molar-refractivity contribution in [2.24, 2.45) is 11.8 Å². The van der Waals surface area contributed by atoms with E-state index in [1.807, 2.05) is 18.2 Å². The van der Waals surface area contributed by atoms with Crippen LogP contribution >= 0.6 is 0 Å². The van der Waals surface area contributed by atoms with Crippen LogP contribution in [0.1, 0.15) is 33.3 Å². The Morgan fingerprint density at radius 3 is 1.84 bits per heavy atom. The molecule has 2 amide bonds. The van der Waals surface area contributed by atoms with Gasteiger partial charge >= 0.3 is 0 Å². The molecule has 2 aromatic carbocycles. The van der Waals surface area contributed by atoms with E-state index in [1.54, 1.807) is 70.2 Å². The lowest BCUT2D eigenvalue weighted by molar-refractivity contribution is -0.131. The van der Waals surface area contributed by atoms with Gasteiger partial charge < -0.3 is 5.32 Å². The minimum atomic E-state index is -3.77. The molecule has 32 heavy (non-hydrogen) atoms. The zero-order valence-corrected chi connectivity index (χ0v) is 19.6. The van der Waals surface area contributed by atoms with Crippen LogP contribution in [0.2, 0.25) is 0 Å². The van der Waals surface area contributed by atoms with Crippen molar-refractivity contribution in [3.05, 3.63) is 66.2 Å². The summed E-state index contributed by atoms with van der Waals surface area (Å²) in [6.07, 6.45) is 0. The Balaban J connectivity index is 2.05. The van der Waals surface area contributed by atoms with Gasteiger partial charge in [0.1, 0.15) is 12.1 Å². The van der Waals surface area contributed by atoms with Crippen molar-refractivity contribution in [3.8, 4) is 0 Å². The second-order valence-corrected chi connectivity index (χ2v) is 10.0. The molecular weight excluding hydrogens is 428 g/mol. The van der Waals surface area contributed by atoms with Crippen molar-refractivity contribution in [1.29, 1.82) is 0 Å². The summed E-state index contributed by atoms with van der Waals surface area (Å²) in [6, 6.07) is 16.0. The predicted molar refractivity (Wildman–Crippen MR) is 126 cm³/mol. The predicted octanol–water partition coefficient (Wildman–Crippen LogP) is 2.41. The summed E-state index contributed by atoms with van der Waals surface area (Å²) in [5.41, 5.74) is 6.72. The van der Waals surface area contributed by atoms with Crippen LogP contribution in [-0.4, -0.2) is 32.3 Å². The molecule has 0 aromatic heterocycles. The molecule has 4 N–H and O–H groups in total. The minimum absolute atomic E-state index is 0.217. The molecule has 0 spiro atoms. The van der Waals surface area contributed by atoms with E-state index in [2.05, 4.69) is 20.9 Å². The number of carbonyl (C=O) groups is 2. The molecular formula is C23H32N4O4S. The summed E-state index contributed by atoms with van der Waals surface area (Å²) >= 11 is 0. The zero-order valence-electron chi connectivity index (χ0n) is 18.8.